The maximum Gasteiger partial charge on any atom is 0.340 e. The predicted octanol–water partition coefficient (Wildman–Crippen LogP) is 4.88. The standard InChI is InChI=1S/C12H8Br2O4S2/c1-2-18-12(17)6-4-8(20-10(6)14)7-3-5(11(15)16)9(13)19-7/h3-4H,2H2,1H3,(H,15,16). The molecule has 0 saturated heterocycles. The largest absolute Gasteiger partial charge is 0.478 e. The molecule has 0 aliphatic carbocycles. The zero-order valence-electron chi connectivity index (χ0n) is 10.1. The van der Waals surface area contributed by atoms with Crippen LogP contribution < -0.4 is 0 Å². The number of thiophene rings is 2. The molecule has 0 aliphatic heterocycles. The minimum atomic E-state index is -0.986. The number of hydrogen-bond acceptors (Lipinski definition) is 5. The van der Waals surface area contributed by atoms with Crippen LogP contribution in [-0.4, -0.2) is 23.7 Å². The quantitative estimate of drug-likeness (QED) is 0.689. The van der Waals surface area contributed by atoms with Crippen LogP contribution in [0.5, 0.6) is 0 Å². The number of halogens is 2. The van der Waals surface area contributed by atoms with E-state index in [9.17, 15) is 9.59 Å². The van der Waals surface area contributed by atoms with Gasteiger partial charge < -0.3 is 9.84 Å². The van der Waals surface area contributed by atoms with Crippen LogP contribution in [0.1, 0.15) is 27.6 Å². The average Bonchev–Trinajstić information content (AvgIpc) is 2.93. The molecule has 20 heavy (non-hydrogen) atoms. The van der Waals surface area contributed by atoms with Crippen molar-refractivity contribution >= 4 is 66.5 Å². The number of aromatic carboxylic acids is 1. The van der Waals surface area contributed by atoms with E-state index in [1.165, 1.54) is 22.7 Å². The molecule has 2 rings (SSSR count). The average molecular weight is 440 g/mol. The summed E-state index contributed by atoms with van der Waals surface area (Å²) in [6, 6.07) is 3.29. The second kappa shape index (κ2) is 6.38. The van der Waals surface area contributed by atoms with Crippen molar-refractivity contribution in [2.24, 2.45) is 0 Å². The minimum Gasteiger partial charge on any atom is -0.478 e. The smallest absolute Gasteiger partial charge is 0.340 e. The summed E-state index contributed by atoms with van der Waals surface area (Å²) in [5.74, 6) is -1.38. The predicted molar refractivity (Wildman–Crippen MR) is 85.9 cm³/mol. The number of ether oxygens (including phenoxy) is 1. The van der Waals surface area contributed by atoms with Gasteiger partial charge in [-0.3, -0.25) is 0 Å². The molecular weight excluding hydrogens is 432 g/mol. The number of esters is 1. The van der Waals surface area contributed by atoms with Crippen LogP contribution in [0.2, 0.25) is 0 Å². The fourth-order valence-corrected chi connectivity index (χ4v) is 4.90. The molecule has 0 aromatic carbocycles. The van der Waals surface area contributed by atoms with Crippen LogP contribution in [0.4, 0.5) is 0 Å². The van der Waals surface area contributed by atoms with Gasteiger partial charge in [0.15, 0.2) is 0 Å². The molecule has 4 nitrogen and oxygen atoms in total. The fraction of sp³-hybridized carbons (Fsp3) is 0.167. The van der Waals surface area contributed by atoms with Crippen LogP contribution >= 0.6 is 54.5 Å². The van der Waals surface area contributed by atoms with Crippen molar-refractivity contribution in [3.8, 4) is 9.75 Å². The van der Waals surface area contributed by atoms with Gasteiger partial charge in [-0.25, -0.2) is 9.59 Å². The second-order valence-electron chi connectivity index (χ2n) is 3.62. The first-order valence-corrected chi connectivity index (χ1v) is 8.65. The topological polar surface area (TPSA) is 63.6 Å². The summed E-state index contributed by atoms with van der Waals surface area (Å²) in [7, 11) is 0. The highest BCUT2D eigenvalue weighted by atomic mass is 79.9. The Morgan fingerprint density at radius 1 is 1.15 bits per heavy atom. The number of carboxylic acids is 1. The molecule has 0 radical (unpaired) electrons. The first-order valence-electron chi connectivity index (χ1n) is 5.43. The fourth-order valence-electron chi connectivity index (χ4n) is 1.47. The van der Waals surface area contributed by atoms with Crippen LogP contribution in [0.15, 0.2) is 19.7 Å². The molecule has 1 N–H and O–H groups in total. The molecule has 0 unspecified atom stereocenters. The third-order valence-electron chi connectivity index (χ3n) is 2.34. The van der Waals surface area contributed by atoms with Gasteiger partial charge in [0.25, 0.3) is 0 Å². The summed E-state index contributed by atoms with van der Waals surface area (Å²) >= 11 is 9.25. The van der Waals surface area contributed by atoms with Crippen LogP contribution in [0, 0.1) is 0 Å². The number of carbonyl (C=O) groups excluding carboxylic acids is 1. The molecule has 0 atom stereocenters. The lowest BCUT2D eigenvalue weighted by molar-refractivity contribution is 0.0525. The van der Waals surface area contributed by atoms with E-state index in [0.29, 0.717) is 19.7 Å². The van der Waals surface area contributed by atoms with Crippen molar-refractivity contribution in [2.75, 3.05) is 6.61 Å². The van der Waals surface area contributed by atoms with Gasteiger partial charge in [-0.2, -0.15) is 0 Å². The molecule has 0 saturated carbocycles. The molecule has 2 aromatic heterocycles. The number of hydrogen-bond donors (Lipinski definition) is 1. The first kappa shape index (κ1) is 15.7. The Morgan fingerprint density at radius 2 is 1.65 bits per heavy atom. The summed E-state index contributed by atoms with van der Waals surface area (Å²) in [6.45, 7) is 2.05. The lowest BCUT2D eigenvalue weighted by atomic mass is 10.2. The molecule has 106 valence electrons. The lowest BCUT2D eigenvalue weighted by Gasteiger charge is -1.98. The van der Waals surface area contributed by atoms with Crippen LogP contribution in [0.3, 0.4) is 0 Å². The van der Waals surface area contributed by atoms with Gasteiger partial charge in [-0.15, -0.1) is 22.7 Å². The Morgan fingerprint density at radius 3 is 2.10 bits per heavy atom. The van der Waals surface area contributed by atoms with E-state index in [2.05, 4.69) is 31.9 Å². The minimum absolute atomic E-state index is 0.215. The normalized spacial score (nSPS) is 10.6. The lowest BCUT2D eigenvalue weighted by Crippen LogP contribution is -2.03. The van der Waals surface area contributed by atoms with Gasteiger partial charge in [-0.1, -0.05) is 0 Å². The third kappa shape index (κ3) is 3.13. The van der Waals surface area contributed by atoms with E-state index >= 15 is 0 Å². The summed E-state index contributed by atoms with van der Waals surface area (Å²) in [4.78, 5) is 24.4. The number of rotatable bonds is 4. The highest BCUT2D eigenvalue weighted by Crippen LogP contribution is 2.41. The molecule has 0 fully saturated rings. The zero-order chi connectivity index (χ0) is 14.9. The van der Waals surface area contributed by atoms with E-state index < -0.39 is 11.9 Å². The van der Waals surface area contributed by atoms with Gasteiger partial charge in [-0.05, 0) is 50.9 Å². The van der Waals surface area contributed by atoms with Gasteiger partial charge in [0, 0.05) is 9.75 Å². The molecule has 8 heteroatoms. The zero-order valence-corrected chi connectivity index (χ0v) is 14.9. The number of carbonyl (C=O) groups is 2. The van der Waals surface area contributed by atoms with Crippen molar-refractivity contribution in [1.29, 1.82) is 0 Å². The Labute approximate surface area is 139 Å². The summed E-state index contributed by atoms with van der Waals surface area (Å²) in [5.41, 5.74) is 0.667. The maximum absolute atomic E-state index is 11.7. The molecule has 0 bridgehead atoms. The van der Waals surface area contributed by atoms with Crippen molar-refractivity contribution in [3.63, 3.8) is 0 Å². The van der Waals surface area contributed by atoms with Crippen molar-refractivity contribution in [1.82, 2.24) is 0 Å². The molecule has 2 aromatic rings. The van der Waals surface area contributed by atoms with Gasteiger partial charge in [0.1, 0.15) is 0 Å². The third-order valence-corrected chi connectivity index (χ3v) is 6.21. The monoisotopic (exact) mass is 438 g/mol. The van der Waals surface area contributed by atoms with E-state index in [4.69, 9.17) is 9.84 Å². The molecular formula is C12H8Br2O4S2. The van der Waals surface area contributed by atoms with E-state index in [1.807, 2.05) is 0 Å². The van der Waals surface area contributed by atoms with Crippen LogP contribution in [0.25, 0.3) is 9.75 Å². The Kier molecular flexibility index (Phi) is 5.00. The van der Waals surface area contributed by atoms with Gasteiger partial charge in [0.2, 0.25) is 0 Å². The Balaban J connectivity index is 2.39. The van der Waals surface area contributed by atoms with E-state index in [0.717, 1.165) is 9.75 Å². The summed E-state index contributed by atoms with van der Waals surface area (Å²) in [6.07, 6.45) is 0. The van der Waals surface area contributed by atoms with Gasteiger partial charge >= 0.3 is 11.9 Å². The molecule has 2 heterocycles. The SMILES string of the molecule is CCOC(=O)c1cc(-c2cc(C(=O)O)c(Br)s2)sc1Br. The van der Waals surface area contributed by atoms with Crippen molar-refractivity contribution < 1.29 is 19.4 Å². The highest BCUT2D eigenvalue weighted by Gasteiger charge is 2.20. The molecule has 0 spiro atoms. The van der Waals surface area contributed by atoms with Crippen molar-refractivity contribution in [2.45, 2.75) is 6.92 Å². The summed E-state index contributed by atoms with van der Waals surface area (Å²) < 4.78 is 6.19. The molecule has 0 amide bonds. The van der Waals surface area contributed by atoms with E-state index in [1.54, 1.807) is 19.1 Å². The second-order valence-corrected chi connectivity index (χ2v) is 8.36. The summed E-state index contributed by atoms with van der Waals surface area (Å²) in [5, 5.41) is 9.04. The van der Waals surface area contributed by atoms with Crippen LogP contribution in [-0.2, 0) is 4.74 Å². The first-order chi connectivity index (χ1) is 9.43. The Bertz CT molecular complexity index is 675. The molecule has 0 aliphatic rings. The number of carboxylic acid groups (broad SMARTS) is 1. The van der Waals surface area contributed by atoms with E-state index in [-0.39, 0.29) is 5.56 Å². The van der Waals surface area contributed by atoms with Crippen molar-refractivity contribution in [3.05, 3.63) is 30.8 Å². The Hall–Kier alpha value is -0.700. The maximum atomic E-state index is 11.7. The van der Waals surface area contributed by atoms with Gasteiger partial charge in [0.05, 0.1) is 25.3 Å². The highest BCUT2D eigenvalue weighted by molar-refractivity contribution is 9.11.